The minimum Gasteiger partial charge on any atom is -0.497 e. The predicted octanol–water partition coefficient (Wildman–Crippen LogP) is 5.21. The van der Waals surface area contributed by atoms with Crippen LogP contribution in [0.3, 0.4) is 0 Å². The van der Waals surface area contributed by atoms with Gasteiger partial charge in [0.05, 0.1) is 24.4 Å². The third-order valence-corrected chi connectivity index (χ3v) is 6.25. The quantitative estimate of drug-likeness (QED) is 0.463. The first-order valence-electron chi connectivity index (χ1n) is 11.2. The Balaban J connectivity index is 1.70. The zero-order chi connectivity index (χ0) is 23.8. The molecule has 3 aromatic carbocycles. The van der Waals surface area contributed by atoms with Gasteiger partial charge in [-0.1, -0.05) is 54.6 Å². The summed E-state index contributed by atoms with van der Waals surface area (Å²) in [4.78, 5) is 29.0. The van der Waals surface area contributed by atoms with Crippen LogP contribution in [0.4, 0.5) is 0 Å². The summed E-state index contributed by atoms with van der Waals surface area (Å²) in [6, 6.07) is 23.2. The van der Waals surface area contributed by atoms with Crippen molar-refractivity contribution in [1.82, 2.24) is 9.99 Å². The summed E-state index contributed by atoms with van der Waals surface area (Å²) in [5, 5.41) is 7.10. The lowest BCUT2D eigenvalue weighted by molar-refractivity contribution is -0.130. The van der Waals surface area contributed by atoms with E-state index in [2.05, 4.69) is 10.1 Å². The number of carbonyl (C=O) groups is 1. The third kappa shape index (κ3) is 3.77. The third-order valence-electron chi connectivity index (χ3n) is 6.25. The average molecular weight is 452 g/mol. The van der Waals surface area contributed by atoms with Crippen LogP contribution in [-0.2, 0) is 4.79 Å². The molecule has 0 unspecified atom stereocenters. The molecular weight excluding hydrogens is 426 g/mol. The number of aromatic amines is 1. The molecule has 1 aliphatic heterocycles. The number of aryl methyl sites for hydroxylation is 1. The van der Waals surface area contributed by atoms with Gasteiger partial charge in [0.15, 0.2) is 0 Å². The van der Waals surface area contributed by atoms with Gasteiger partial charge >= 0.3 is 0 Å². The van der Waals surface area contributed by atoms with Crippen LogP contribution >= 0.6 is 0 Å². The molecule has 1 aliphatic rings. The van der Waals surface area contributed by atoms with Crippen LogP contribution in [0.2, 0.25) is 0 Å². The van der Waals surface area contributed by atoms with E-state index < -0.39 is 0 Å². The van der Waals surface area contributed by atoms with Crippen molar-refractivity contribution in [3.8, 4) is 16.9 Å². The number of nitrogens with one attached hydrogen (secondary N) is 1. The number of pyridine rings is 1. The van der Waals surface area contributed by atoms with Gasteiger partial charge in [-0.2, -0.15) is 5.10 Å². The highest BCUT2D eigenvalue weighted by Crippen LogP contribution is 2.37. The molecule has 0 bridgehead atoms. The zero-order valence-electron chi connectivity index (χ0n) is 19.3. The van der Waals surface area contributed by atoms with Gasteiger partial charge in [0.25, 0.3) is 5.56 Å². The number of carbonyl (C=O) groups excluding carboxylic acids is 1. The van der Waals surface area contributed by atoms with Crippen molar-refractivity contribution < 1.29 is 9.53 Å². The van der Waals surface area contributed by atoms with Crippen LogP contribution in [0.1, 0.15) is 36.1 Å². The second kappa shape index (κ2) is 8.63. The molecule has 5 rings (SSSR count). The SMILES string of the molecule is COc1ccc([C@@H]2CC(c3c(-c4ccccc4)c4ccc(C)cc4[nH]c3=O)=NN2C(C)=O)cc1. The van der Waals surface area contributed by atoms with Crippen LogP contribution in [-0.4, -0.2) is 28.7 Å². The van der Waals surface area contributed by atoms with Crippen LogP contribution < -0.4 is 10.3 Å². The van der Waals surface area contributed by atoms with Gasteiger partial charge in [0, 0.05) is 29.8 Å². The Morgan fingerprint density at radius 1 is 1.03 bits per heavy atom. The predicted molar refractivity (Wildman–Crippen MR) is 134 cm³/mol. The summed E-state index contributed by atoms with van der Waals surface area (Å²) in [6.07, 6.45) is 0.437. The summed E-state index contributed by atoms with van der Waals surface area (Å²) in [6.45, 7) is 3.49. The van der Waals surface area contributed by atoms with Crippen LogP contribution in [0, 0.1) is 6.92 Å². The molecule has 0 spiro atoms. The highest BCUT2D eigenvalue weighted by atomic mass is 16.5. The molecule has 2 heterocycles. The van der Waals surface area contributed by atoms with Crippen molar-refractivity contribution in [1.29, 1.82) is 0 Å². The maximum Gasteiger partial charge on any atom is 0.258 e. The number of fused-ring (bicyclic) bond motifs is 1. The van der Waals surface area contributed by atoms with E-state index in [1.807, 2.05) is 79.7 Å². The molecule has 6 nitrogen and oxygen atoms in total. The van der Waals surface area contributed by atoms with Gasteiger partial charge in [-0.3, -0.25) is 9.59 Å². The van der Waals surface area contributed by atoms with Gasteiger partial charge < -0.3 is 9.72 Å². The molecule has 1 N–H and O–H groups in total. The lowest BCUT2D eigenvalue weighted by Crippen LogP contribution is -2.24. The summed E-state index contributed by atoms with van der Waals surface area (Å²) in [5.74, 6) is 0.565. The number of hydrogen-bond acceptors (Lipinski definition) is 4. The van der Waals surface area contributed by atoms with Crippen molar-refractivity contribution >= 4 is 22.5 Å². The number of aromatic nitrogens is 1. The Morgan fingerprint density at radius 2 is 1.76 bits per heavy atom. The maximum absolute atomic E-state index is 13.5. The van der Waals surface area contributed by atoms with E-state index in [1.54, 1.807) is 7.11 Å². The summed E-state index contributed by atoms with van der Waals surface area (Å²) < 4.78 is 5.27. The number of hydrazone groups is 1. The topological polar surface area (TPSA) is 74.8 Å². The minimum atomic E-state index is -0.296. The molecule has 1 aromatic heterocycles. The van der Waals surface area contributed by atoms with Crippen molar-refractivity contribution in [2.24, 2.45) is 5.10 Å². The summed E-state index contributed by atoms with van der Waals surface area (Å²) >= 11 is 0. The number of methoxy groups -OCH3 is 1. The number of rotatable bonds is 4. The largest absolute Gasteiger partial charge is 0.497 e. The zero-order valence-corrected chi connectivity index (χ0v) is 19.3. The van der Waals surface area contributed by atoms with Gasteiger partial charge in [0.2, 0.25) is 5.91 Å². The number of H-pyrrole nitrogens is 1. The van der Waals surface area contributed by atoms with Crippen molar-refractivity contribution in [2.75, 3.05) is 7.11 Å². The van der Waals surface area contributed by atoms with E-state index in [9.17, 15) is 9.59 Å². The fraction of sp³-hybridized carbons (Fsp3) is 0.179. The standard InChI is InChI=1S/C28H25N3O3/c1-17-9-14-22-23(15-17)29-28(33)27(26(22)20-7-5-4-6-8-20)24-16-25(31(30-24)18(2)32)19-10-12-21(34-3)13-11-19/h4-15,25H,16H2,1-3H3,(H,29,33)/t25-/m0/s1. The maximum atomic E-state index is 13.5. The van der Waals surface area contributed by atoms with Gasteiger partial charge in [0.1, 0.15) is 5.75 Å². The van der Waals surface area contributed by atoms with Crippen molar-refractivity contribution in [3.05, 3.63) is 99.8 Å². The highest BCUT2D eigenvalue weighted by molar-refractivity contribution is 6.12. The minimum absolute atomic E-state index is 0.176. The Kier molecular flexibility index (Phi) is 5.49. The fourth-order valence-electron chi connectivity index (χ4n) is 4.63. The highest BCUT2D eigenvalue weighted by Gasteiger charge is 2.34. The van der Waals surface area contributed by atoms with Gasteiger partial charge in [-0.05, 0) is 41.8 Å². The van der Waals surface area contributed by atoms with E-state index in [0.29, 0.717) is 17.7 Å². The number of hydrogen-bond donors (Lipinski definition) is 1. The van der Waals surface area contributed by atoms with E-state index in [0.717, 1.165) is 38.9 Å². The Morgan fingerprint density at radius 3 is 2.44 bits per heavy atom. The molecule has 34 heavy (non-hydrogen) atoms. The van der Waals surface area contributed by atoms with Gasteiger partial charge in [-0.15, -0.1) is 0 Å². The van der Waals surface area contributed by atoms with Gasteiger partial charge in [-0.25, -0.2) is 5.01 Å². The fourth-order valence-corrected chi connectivity index (χ4v) is 4.63. The van der Waals surface area contributed by atoms with Crippen molar-refractivity contribution in [2.45, 2.75) is 26.3 Å². The molecule has 1 amide bonds. The smallest absolute Gasteiger partial charge is 0.258 e. The normalized spacial score (nSPS) is 15.4. The molecule has 0 aliphatic carbocycles. The first-order chi connectivity index (χ1) is 16.5. The number of nitrogens with zero attached hydrogens (tertiary/aromatic N) is 2. The Hall–Kier alpha value is -4.19. The molecule has 0 saturated carbocycles. The van der Waals surface area contributed by atoms with E-state index >= 15 is 0 Å². The average Bonchev–Trinajstić information content (AvgIpc) is 3.29. The first kappa shape index (κ1) is 21.6. The Labute approximate surface area is 197 Å². The van der Waals surface area contributed by atoms with E-state index in [4.69, 9.17) is 4.74 Å². The summed E-state index contributed by atoms with van der Waals surface area (Å²) in [5.41, 5.74) is 5.43. The molecule has 0 fully saturated rings. The Bertz CT molecular complexity index is 1470. The molecule has 1 atom stereocenters. The second-order valence-electron chi connectivity index (χ2n) is 8.52. The monoisotopic (exact) mass is 451 g/mol. The molecule has 0 radical (unpaired) electrons. The second-order valence-corrected chi connectivity index (χ2v) is 8.52. The van der Waals surface area contributed by atoms with Crippen molar-refractivity contribution in [3.63, 3.8) is 0 Å². The molecule has 0 saturated heterocycles. The molecular formula is C28H25N3O3. The van der Waals surface area contributed by atoms with Crippen LogP contribution in [0.25, 0.3) is 22.0 Å². The van der Waals surface area contributed by atoms with E-state index in [-0.39, 0.29) is 17.5 Å². The molecule has 170 valence electrons. The number of ether oxygens (including phenoxy) is 1. The van der Waals surface area contributed by atoms with Crippen LogP contribution in [0.15, 0.2) is 82.7 Å². The lowest BCUT2D eigenvalue weighted by atomic mass is 9.90. The number of benzene rings is 3. The summed E-state index contributed by atoms with van der Waals surface area (Å²) in [7, 11) is 1.62. The molecule has 4 aromatic rings. The lowest BCUT2D eigenvalue weighted by Gasteiger charge is -2.20. The first-order valence-corrected chi connectivity index (χ1v) is 11.2. The van der Waals surface area contributed by atoms with Crippen LogP contribution in [0.5, 0.6) is 5.75 Å². The number of amides is 1. The molecule has 6 heteroatoms. The van der Waals surface area contributed by atoms with E-state index in [1.165, 1.54) is 11.9 Å².